The number of aliphatic carboxylic acids is 1. The van der Waals surface area contributed by atoms with E-state index < -0.39 is 12.0 Å². The number of hydrogen-bond donors (Lipinski definition) is 1. The van der Waals surface area contributed by atoms with Crippen molar-refractivity contribution in [3.8, 4) is 5.69 Å². The van der Waals surface area contributed by atoms with Crippen molar-refractivity contribution in [2.24, 2.45) is 0 Å². The predicted octanol–water partition coefficient (Wildman–Crippen LogP) is 0.727. The normalized spacial score (nSPS) is 17.9. The van der Waals surface area contributed by atoms with Gasteiger partial charge in [-0.15, -0.1) is 0 Å². The number of benzene rings is 1. The maximum absolute atomic E-state index is 12.4. The summed E-state index contributed by atoms with van der Waals surface area (Å²) in [6.07, 6.45) is 3.53. The molecule has 0 spiro atoms. The highest BCUT2D eigenvalue weighted by molar-refractivity contribution is 5.85. The summed E-state index contributed by atoms with van der Waals surface area (Å²) in [4.78, 5) is 25.0. The molecule has 1 N–H and O–H groups in total. The van der Waals surface area contributed by atoms with Crippen molar-refractivity contribution < 1.29 is 19.4 Å². The Morgan fingerprint density at radius 3 is 2.83 bits per heavy atom. The van der Waals surface area contributed by atoms with E-state index in [0.717, 1.165) is 11.3 Å². The van der Waals surface area contributed by atoms with Gasteiger partial charge in [-0.3, -0.25) is 4.79 Å². The van der Waals surface area contributed by atoms with Crippen LogP contribution in [0.1, 0.15) is 5.56 Å². The van der Waals surface area contributed by atoms with Gasteiger partial charge in [0.2, 0.25) is 5.91 Å². The maximum atomic E-state index is 12.4. The molecule has 120 valence electrons. The third kappa shape index (κ3) is 3.40. The smallest absolute Gasteiger partial charge is 0.328 e. The summed E-state index contributed by atoms with van der Waals surface area (Å²) in [7, 11) is 0. The van der Waals surface area contributed by atoms with E-state index >= 15 is 0 Å². The largest absolute Gasteiger partial charge is 0.480 e. The Hall–Kier alpha value is -2.67. The minimum absolute atomic E-state index is 0.0321. The second-order valence-corrected chi connectivity index (χ2v) is 5.32. The van der Waals surface area contributed by atoms with Crippen LogP contribution in [0.15, 0.2) is 42.7 Å². The van der Waals surface area contributed by atoms with E-state index in [9.17, 15) is 14.7 Å². The molecule has 0 bridgehead atoms. The zero-order valence-corrected chi connectivity index (χ0v) is 12.5. The standard InChI is InChI=1S/C16H17N3O4/c20-15(18-6-7-23-11-14(18)16(21)22)8-12-9-17-19(10-12)13-4-2-1-3-5-13/h1-5,9-10,14H,6-8,11H2,(H,21,22)/t14-/m1/s1. The first-order chi connectivity index (χ1) is 11.1. The lowest BCUT2D eigenvalue weighted by molar-refractivity contribution is -0.158. The van der Waals surface area contributed by atoms with Gasteiger partial charge in [-0.25, -0.2) is 9.48 Å². The lowest BCUT2D eigenvalue weighted by Crippen LogP contribution is -2.53. The van der Waals surface area contributed by atoms with Gasteiger partial charge in [0.25, 0.3) is 0 Å². The number of carbonyl (C=O) groups excluding carboxylic acids is 1. The molecule has 7 nitrogen and oxygen atoms in total. The number of carboxylic acid groups (broad SMARTS) is 1. The molecule has 1 aromatic heterocycles. The number of nitrogens with zero attached hydrogens (tertiary/aromatic N) is 3. The quantitative estimate of drug-likeness (QED) is 0.899. The van der Waals surface area contributed by atoms with Crippen LogP contribution in [0.5, 0.6) is 0 Å². The Morgan fingerprint density at radius 1 is 1.30 bits per heavy atom. The molecule has 1 aromatic carbocycles. The number of hydrogen-bond acceptors (Lipinski definition) is 4. The SMILES string of the molecule is O=C(O)[C@H]1COCCN1C(=O)Cc1cnn(-c2ccccc2)c1. The molecule has 1 atom stereocenters. The van der Waals surface area contributed by atoms with Crippen LogP contribution in [-0.4, -0.2) is 57.5 Å². The van der Waals surface area contributed by atoms with E-state index in [1.165, 1.54) is 4.90 Å². The summed E-state index contributed by atoms with van der Waals surface area (Å²) in [5.74, 6) is -1.27. The Bertz CT molecular complexity index is 698. The van der Waals surface area contributed by atoms with Crippen molar-refractivity contribution in [3.63, 3.8) is 0 Å². The van der Waals surface area contributed by atoms with Crippen molar-refractivity contribution in [2.75, 3.05) is 19.8 Å². The predicted molar refractivity (Wildman–Crippen MR) is 81.2 cm³/mol. The first-order valence-electron chi connectivity index (χ1n) is 7.34. The fourth-order valence-electron chi connectivity index (χ4n) is 2.56. The van der Waals surface area contributed by atoms with Crippen LogP contribution in [0.4, 0.5) is 0 Å². The van der Waals surface area contributed by atoms with E-state index in [-0.39, 0.29) is 18.9 Å². The van der Waals surface area contributed by atoms with Gasteiger partial charge in [0, 0.05) is 12.7 Å². The summed E-state index contributed by atoms with van der Waals surface area (Å²) >= 11 is 0. The minimum atomic E-state index is -1.04. The van der Waals surface area contributed by atoms with Crippen molar-refractivity contribution in [1.82, 2.24) is 14.7 Å². The molecule has 2 heterocycles. The second kappa shape index (κ2) is 6.62. The molecule has 1 aliphatic heterocycles. The number of para-hydroxylation sites is 1. The fourth-order valence-corrected chi connectivity index (χ4v) is 2.56. The molecular weight excluding hydrogens is 298 g/mol. The van der Waals surface area contributed by atoms with Crippen molar-refractivity contribution >= 4 is 11.9 Å². The van der Waals surface area contributed by atoms with E-state index in [0.29, 0.717) is 13.2 Å². The number of carboxylic acids is 1. The average molecular weight is 315 g/mol. The summed E-state index contributed by atoms with van der Waals surface area (Å²) in [5.41, 5.74) is 1.65. The lowest BCUT2D eigenvalue weighted by Gasteiger charge is -2.32. The third-order valence-corrected chi connectivity index (χ3v) is 3.75. The molecule has 0 unspecified atom stereocenters. The summed E-state index contributed by atoms with van der Waals surface area (Å²) in [6.45, 7) is 0.686. The molecule has 1 fully saturated rings. The molecule has 3 rings (SSSR count). The van der Waals surface area contributed by atoms with E-state index in [4.69, 9.17) is 4.74 Å². The Balaban J connectivity index is 1.70. The van der Waals surface area contributed by atoms with E-state index in [1.54, 1.807) is 17.1 Å². The number of aromatic nitrogens is 2. The van der Waals surface area contributed by atoms with Gasteiger partial charge in [0.1, 0.15) is 0 Å². The first-order valence-corrected chi connectivity index (χ1v) is 7.34. The number of carbonyl (C=O) groups is 2. The second-order valence-electron chi connectivity index (χ2n) is 5.32. The van der Waals surface area contributed by atoms with Crippen LogP contribution in [0.25, 0.3) is 5.69 Å². The highest BCUT2D eigenvalue weighted by Crippen LogP contribution is 2.12. The molecule has 1 aliphatic rings. The van der Waals surface area contributed by atoms with Crippen molar-refractivity contribution in [1.29, 1.82) is 0 Å². The van der Waals surface area contributed by atoms with Crippen molar-refractivity contribution in [3.05, 3.63) is 48.3 Å². The van der Waals surface area contributed by atoms with Gasteiger partial charge in [0.05, 0.1) is 31.5 Å². The fraction of sp³-hybridized carbons (Fsp3) is 0.312. The maximum Gasteiger partial charge on any atom is 0.328 e. The number of amides is 1. The highest BCUT2D eigenvalue weighted by Gasteiger charge is 2.32. The Labute approximate surface area is 133 Å². The van der Waals surface area contributed by atoms with Gasteiger partial charge in [0.15, 0.2) is 6.04 Å². The zero-order chi connectivity index (χ0) is 16.2. The molecular formula is C16H17N3O4. The van der Waals surface area contributed by atoms with Gasteiger partial charge in [-0.05, 0) is 17.7 Å². The molecule has 2 aromatic rings. The molecule has 7 heteroatoms. The van der Waals surface area contributed by atoms with E-state index in [1.807, 2.05) is 30.3 Å². The Morgan fingerprint density at radius 2 is 2.09 bits per heavy atom. The van der Waals surface area contributed by atoms with Crippen LogP contribution >= 0.6 is 0 Å². The number of rotatable bonds is 4. The zero-order valence-electron chi connectivity index (χ0n) is 12.5. The molecule has 23 heavy (non-hydrogen) atoms. The molecule has 0 aliphatic carbocycles. The average Bonchev–Trinajstić information content (AvgIpc) is 3.04. The summed E-state index contributed by atoms with van der Waals surface area (Å²) < 4.78 is 6.84. The highest BCUT2D eigenvalue weighted by atomic mass is 16.5. The van der Waals surface area contributed by atoms with Crippen LogP contribution in [0.2, 0.25) is 0 Å². The summed E-state index contributed by atoms with van der Waals surface area (Å²) in [5, 5.41) is 13.4. The molecule has 1 saturated heterocycles. The summed E-state index contributed by atoms with van der Waals surface area (Å²) in [6, 6.07) is 8.66. The molecule has 0 radical (unpaired) electrons. The van der Waals surface area contributed by atoms with Crippen LogP contribution in [0, 0.1) is 0 Å². The number of ether oxygens (including phenoxy) is 1. The van der Waals surface area contributed by atoms with Gasteiger partial charge in [-0.1, -0.05) is 18.2 Å². The van der Waals surface area contributed by atoms with E-state index in [2.05, 4.69) is 5.10 Å². The Kier molecular flexibility index (Phi) is 4.38. The van der Waals surface area contributed by atoms with Gasteiger partial charge >= 0.3 is 5.97 Å². The van der Waals surface area contributed by atoms with Crippen LogP contribution in [-0.2, 0) is 20.7 Å². The molecule has 1 amide bonds. The van der Waals surface area contributed by atoms with Gasteiger partial charge in [-0.2, -0.15) is 5.10 Å². The van der Waals surface area contributed by atoms with Crippen molar-refractivity contribution in [2.45, 2.75) is 12.5 Å². The third-order valence-electron chi connectivity index (χ3n) is 3.75. The molecule has 0 saturated carbocycles. The van der Waals surface area contributed by atoms with Gasteiger partial charge < -0.3 is 14.7 Å². The topological polar surface area (TPSA) is 84.7 Å². The first kappa shape index (κ1) is 15.2. The monoisotopic (exact) mass is 315 g/mol. The minimum Gasteiger partial charge on any atom is -0.480 e. The van der Waals surface area contributed by atoms with Crippen LogP contribution in [0.3, 0.4) is 0 Å². The number of morpholine rings is 1. The van der Waals surface area contributed by atoms with Crippen LogP contribution < -0.4 is 0 Å². The lowest BCUT2D eigenvalue weighted by atomic mass is 10.1.